The standard InChI is InChI=1S/C13H27N3O2/c1-13(18,10-16(2)3)9-15-12(17)5-4-11-6-7-14-8-11/h11,14,18H,4-10H2,1-3H3,(H,15,17). The molecular weight excluding hydrogens is 230 g/mol. The lowest BCUT2D eigenvalue weighted by Gasteiger charge is -2.27. The molecule has 1 rings (SSSR count). The van der Waals surface area contributed by atoms with Crippen LogP contribution in [-0.4, -0.2) is 61.8 Å². The molecule has 3 N–H and O–H groups in total. The minimum atomic E-state index is -0.867. The molecule has 0 aromatic rings. The zero-order valence-corrected chi connectivity index (χ0v) is 11.8. The maximum Gasteiger partial charge on any atom is 0.220 e. The van der Waals surface area contributed by atoms with E-state index < -0.39 is 5.60 Å². The molecule has 1 saturated heterocycles. The Kier molecular flexibility index (Phi) is 6.05. The summed E-state index contributed by atoms with van der Waals surface area (Å²) in [5.74, 6) is 0.680. The topological polar surface area (TPSA) is 64.6 Å². The minimum absolute atomic E-state index is 0.0425. The van der Waals surface area contributed by atoms with E-state index in [0.717, 1.165) is 19.5 Å². The predicted octanol–water partition coefficient (Wildman–Crippen LogP) is -0.195. The number of aliphatic hydroxyl groups is 1. The molecule has 5 heteroatoms. The SMILES string of the molecule is CN(C)CC(C)(O)CNC(=O)CCC1CCNC1. The molecule has 0 bridgehead atoms. The second kappa shape index (κ2) is 7.07. The molecule has 2 atom stereocenters. The lowest BCUT2D eigenvalue weighted by atomic mass is 10.0. The van der Waals surface area contributed by atoms with Crippen LogP contribution in [0.25, 0.3) is 0 Å². The second-order valence-electron chi connectivity index (χ2n) is 5.91. The van der Waals surface area contributed by atoms with Crippen molar-refractivity contribution in [1.29, 1.82) is 0 Å². The van der Waals surface area contributed by atoms with Crippen molar-refractivity contribution < 1.29 is 9.90 Å². The number of likely N-dealkylation sites (N-methyl/N-ethyl adjacent to an activating group) is 1. The van der Waals surface area contributed by atoms with Gasteiger partial charge in [-0.05, 0) is 52.9 Å². The lowest BCUT2D eigenvalue weighted by Crippen LogP contribution is -2.47. The van der Waals surface area contributed by atoms with E-state index in [1.807, 2.05) is 19.0 Å². The zero-order valence-electron chi connectivity index (χ0n) is 11.8. The summed E-state index contributed by atoms with van der Waals surface area (Å²) in [5.41, 5.74) is -0.867. The van der Waals surface area contributed by atoms with Crippen molar-refractivity contribution in [2.75, 3.05) is 40.3 Å². The quantitative estimate of drug-likeness (QED) is 0.591. The van der Waals surface area contributed by atoms with Gasteiger partial charge in [-0.15, -0.1) is 0 Å². The van der Waals surface area contributed by atoms with Crippen molar-refractivity contribution in [2.24, 2.45) is 5.92 Å². The first-order valence-electron chi connectivity index (χ1n) is 6.73. The number of nitrogens with zero attached hydrogens (tertiary/aromatic N) is 1. The van der Waals surface area contributed by atoms with Gasteiger partial charge in [0.05, 0.1) is 5.60 Å². The third-order valence-electron chi connectivity index (χ3n) is 3.27. The Morgan fingerprint density at radius 3 is 2.83 bits per heavy atom. The lowest BCUT2D eigenvalue weighted by molar-refractivity contribution is -0.122. The van der Waals surface area contributed by atoms with Crippen LogP contribution in [0.5, 0.6) is 0 Å². The molecule has 0 spiro atoms. The largest absolute Gasteiger partial charge is 0.387 e. The fourth-order valence-electron chi connectivity index (χ4n) is 2.41. The van der Waals surface area contributed by atoms with Crippen molar-refractivity contribution in [1.82, 2.24) is 15.5 Å². The first-order valence-corrected chi connectivity index (χ1v) is 6.73. The molecule has 0 aromatic carbocycles. The van der Waals surface area contributed by atoms with Crippen molar-refractivity contribution in [2.45, 2.75) is 31.8 Å². The van der Waals surface area contributed by atoms with Crippen LogP contribution < -0.4 is 10.6 Å². The highest BCUT2D eigenvalue weighted by atomic mass is 16.3. The van der Waals surface area contributed by atoms with E-state index in [1.165, 1.54) is 6.42 Å². The smallest absolute Gasteiger partial charge is 0.220 e. The van der Waals surface area contributed by atoms with Crippen molar-refractivity contribution >= 4 is 5.91 Å². The summed E-state index contributed by atoms with van der Waals surface area (Å²) in [6.07, 6.45) is 2.67. The zero-order chi connectivity index (χ0) is 13.6. The summed E-state index contributed by atoms with van der Waals surface area (Å²) in [4.78, 5) is 13.6. The maximum absolute atomic E-state index is 11.7. The van der Waals surface area contributed by atoms with Gasteiger partial charge in [-0.1, -0.05) is 0 Å². The number of amides is 1. The van der Waals surface area contributed by atoms with Crippen LogP contribution in [0.1, 0.15) is 26.2 Å². The highest BCUT2D eigenvalue weighted by Crippen LogP contribution is 2.14. The van der Waals surface area contributed by atoms with Gasteiger partial charge in [-0.2, -0.15) is 0 Å². The normalized spacial score (nSPS) is 23.1. The van der Waals surface area contributed by atoms with Gasteiger partial charge >= 0.3 is 0 Å². The summed E-state index contributed by atoms with van der Waals surface area (Å²) < 4.78 is 0. The number of nitrogens with one attached hydrogen (secondary N) is 2. The van der Waals surface area contributed by atoms with Gasteiger partial charge in [0, 0.05) is 19.5 Å². The van der Waals surface area contributed by atoms with E-state index in [2.05, 4.69) is 10.6 Å². The molecule has 0 saturated carbocycles. The minimum Gasteiger partial charge on any atom is -0.387 e. The Labute approximate surface area is 110 Å². The average molecular weight is 257 g/mol. The van der Waals surface area contributed by atoms with E-state index in [9.17, 15) is 9.90 Å². The first-order chi connectivity index (χ1) is 8.39. The van der Waals surface area contributed by atoms with E-state index >= 15 is 0 Å². The summed E-state index contributed by atoms with van der Waals surface area (Å²) in [6.45, 7) is 4.70. The van der Waals surface area contributed by atoms with Crippen molar-refractivity contribution in [3.8, 4) is 0 Å². The molecule has 0 radical (unpaired) electrons. The van der Waals surface area contributed by atoms with E-state index in [4.69, 9.17) is 0 Å². The second-order valence-corrected chi connectivity index (χ2v) is 5.91. The predicted molar refractivity (Wildman–Crippen MR) is 72.4 cm³/mol. The summed E-state index contributed by atoms with van der Waals surface area (Å²) in [7, 11) is 3.81. The van der Waals surface area contributed by atoms with Gasteiger partial charge < -0.3 is 20.6 Å². The number of carbonyl (C=O) groups is 1. The molecule has 0 aliphatic carbocycles. The first kappa shape index (κ1) is 15.4. The van der Waals surface area contributed by atoms with Crippen LogP contribution in [0.4, 0.5) is 0 Å². The third-order valence-corrected chi connectivity index (χ3v) is 3.27. The highest BCUT2D eigenvalue weighted by molar-refractivity contribution is 5.75. The molecule has 1 aliphatic heterocycles. The molecule has 1 aliphatic rings. The van der Waals surface area contributed by atoms with Gasteiger partial charge in [-0.25, -0.2) is 0 Å². The van der Waals surface area contributed by atoms with E-state index in [-0.39, 0.29) is 5.91 Å². The van der Waals surface area contributed by atoms with Crippen LogP contribution in [0, 0.1) is 5.92 Å². The van der Waals surface area contributed by atoms with Crippen LogP contribution in [0.15, 0.2) is 0 Å². The van der Waals surface area contributed by atoms with Crippen molar-refractivity contribution in [3.63, 3.8) is 0 Å². The maximum atomic E-state index is 11.7. The monoisotopic (exact) mass is 257 g/mol. The number of rotatable bonds is 7. The molecule has 106 valence electrons. The van der Waals surface area contributed by atoms with Crippen molar-refractivity contribution in [3.05, 3.63) is 0 Å². The molecule has 18 heavy (non-hydrogen) atoms. The molecule has 1 heterocycles. The molecule has 1 amide bonds. The summed E-state index contributed by atoms with van der Waals surface area (Å²) >= 11 is 0. The Balaban J connectivity index is 2.15. The average Bonchev–Trinajstić information content (AvgIpc) is 2.74. The Hall–Kier alpha value is -0.650. The highest BCUT2D eigenvalue weighted by Gasteiger charge is 2.22. The summed E-state index contributed by atoms with van der Waals surface area (Å²) in [6, 6.07) is 0. The molecule has 5 nitrogen and oxygen atoms in total. The van der Waals surface area contributed by atoms with E-state index in [1.54, 1.807) is 6.92 Å². The number of carbonyl (C=O) groups excluding carboxylic acids is 1. The van der Waals surface area contributed by atoms with Gasteiger partial charge in [0.1, 0.15) is 0 Å². The van der Waals surface area contributed by atoms with Gasteiger partial charge in [0.2, 0.25) is 5.91 Å². The van der Waals surface area contributed by atoms with Gasteiger partial charge in [0.15, 0.2) is 0 Å². The number of hydrogen-bond acceptors (Lipinski definition) is 4. The fraction of sp³-hybridized carbons (Fsp3) is 0.923. The fourth-order valence-corrected chi connectivity index (χ4v) is 2.41. The molecule has 2 unspecified atom stereocenters. The van der Waals surface area contributed by atoms with E-state index in [0.29, 0.717) is 25.4 Å². The molecule has 1 fully saturated rings. The summed E-state index contributed by atoms with van der Waals surface area (Å²) in [5, 5.41) is 16.2. The van der Waals surface area contributed by atoms with Crippen LogP contribution >= 0.6 is 0 Å². The van der Waals surface area contributed by atoms with Crippen LogP contribution in [0.2, 0.25) is 0 Å². The Morgan fingerprint density at radius 1 is 1.56 bits per heavy atom. The Bertz CT molecular complexity index is 261. The molecular formula is C13H27N3O2. The van der Waals surface area contributed by atoms with Gasteiger partial charge in [-0.3, -0.25) is 4.79 Å². The molecule has 0 aromatic heterocycles. The van der Waals surface area contributed by atoms with Gasteiger partial charge in [0.25, 0.3) is 0 Å². The number of hydrogen-bond donors (Lipinski definition) is 3. The van der Waals surface area contributed by atoms with Crippen LogP contribution in [-0.2, 0) is 4.79 Å². The van der Waals surface area contributed by atoms with Crippen LogP contribution in [0.3, 0.4) is 0 Å². The third kappa shape index (κ3) is 6.33. The Morgan fingerprint density at radius 2 is 2.28 bits per heavy atom.